The van der Waals surface area contributed by atoms with Gasteiger partial charge in [-0.3, -0.25) is 25.0 Å². The number of nitrogens with one attached hydrogen (secondary N) is 1. The van der Waals surface area contributed by atoms with Crippen LogP contribution in [0.25, 0.3) is 11.3 Å². The molecule has 3 N–H and O–H groups in total. The molecule has 286 valence electrons. The molecule has 0 bridgehead atoms. The third-order valence-electron chi connectivity index (χ3n) is 10.2. The topological polar surface area (TPSA) is 214 Å². The number of nitrogens with two attached hydrogens (primary N) is 1. The van der Waals surface area contributed by atoms with E-state index >= 15 is 0 Å². The maximum atomic E-state index is 14.6. The third kappa shape index (κ3) is 8.65. The average molecular weight is 776 g/mol. The number of fused-ring (bicyclic) bond motifs is 1. The number of nitrogen functional groups attached to an aromatic ring is 1. The molecule has 1 aliphatic carbocycles. The van der Waals surface area contributed by atoms with E-state index in [2.05, 4.69) is 55.2 Å². The molecule has 0 radical (unpaired) electrons. The molecule has 0 saturated carbocycles. The molecule has 4 aromatic rings. The number of carbonyl (C=O) groups is 1. The van der Waals surface area contributed by atoms with Gasteiger partial charge in [-0.15, -0.1) is 0 Å². The summed E-state index contributed by atoms with van der Waals surface area (Å²) in [6, 6.07) is 14.6. The molecule has 0 aliphatic heterocycles. The SMILES string of the molecule is CNC(=O)c1nc(-c2cccc(CN(C3CCc4cc(CCCO[Si](C)(C)C(C)(C)C)ccc43)S(=O)(=O)c3cc([N+](=O)[O-])cc([N+](=O)[O-])c3)c2)cnc1N. The van der Waals surface area contributed by atoms with E-state index in [1.807, 2.05) is 12.1 Å². The number of anilines is 1. The largest absolute Gasteiger partial charge is 0.417 e. The second kappa shape index (κ2) is 15.7. The fraction of sp³-hybridized carbons (Fsp3) is 0.378. The van der Waals surface area contributed by atoms with Crippen molar-refractivity contribution >= 4 is 41.4 Å². The van der Waals surface area contributed by atoms with Crippen LogP contribution in [0.3, 0.4) is 0 Å². The van der Waals surface area contributed by atoms with E-state index in [4.69, 9.17) is 10.2 Å². The smallest absolute Gasteiger partial charge is 0.277 e. The van der Waals surface area contributed by atoms with E-state index in [1.165, 1.54) is 17.5 Å². The minimum Gasteiger partial charge on any atom is -0.417 e. The summed E-state index contributed by atoms with van der Waals surface area (Å²) in [5.74, 6) is -0.580. The molecule has 15 nitrogen and oxygen atoms in total. The van der Waals surface area contributed by atoms with Gasteiger partial charge in [0.2, 0.25) is 10.0 Å². The lowest BCUT2D eigenvalue weighted by molar-refractivity contribution is -0.394. The van der Waals surface area contributed by atoms with Gasteiger partial charge in [0, 0.05) is 37.9 Å². The fourth-order valence-electron chi connectivity index (χ4n) is 6.18. The van der Waals surface area contributed by atoms with Crippen molar-refractivity contribution in [2.24, 2.45) is 0 Å². The van der Waals surface area contributed by atoms with Gasteiger partial charge in [-0.05, 0) is 72.1 Å². The third-order valence-corrected chi connectivity index (χ3v) is 16.6. The van der Waals surface area contributed by atoms with Crippen LogP contribution in [0, 0.1) is 20.2 Å². The summed E-state index contributed by atoms with van der Waals surface area (Å²) in [4.78, 5) is 42.1. The summed E-state index contributed by atoms with van der Waals surface area (Å²) >= 11 is 0. The first-order chi connectivity index (χ1) is 25.3. The number of aromatic nitrogens is 2. The molecule has 3 aromatic carbocycles. The van der Waals surface area contributed by atoms with Crippen molar-refractivity contribution < 1.29 is 27.5 Å². The van der Waals surface area contributed by atoms with Crippen LogP contribution in [-0.2, 0) is 33.8 Å². The summed E-state index contributed by atoms with van der Waals surface area (Å²) in [7, 11) is -5.02. The Morgan fingerprint density at radius 3 is 2.35 bits per heavy atom. The molecular formula is C37H45N7O8SSi. The number of sulfonamides is 1. The minimum atomic E-state index is -4.58. The van der Waals surface area contributed by atoms with Crippen molar-refractivity contribution in [2.45, 2.75) is 82.1 Å². The van der Waals surface area contributed by atoms with Crippen molar-refractivity contribution in [3.63, 3.8) is 0 Å². The van der Waals surface area contributed by atoms with Gasteiger partial charge in [0.1, 0.15) is 0 Å². The second-order valence-electron chi connectivity index (χ2n) is 14.8. The quantitative estimate of drug-likeness (QED) is 0.0592. The molecule has 1 heterocycles. The number of hydrogen-bond acceptors (Lipinski definition) is 11. The number of nitro groups is 2. The second-order valence-corrected chi connectivity index (χ2v) is 21.5. The summed E-state index contributed by atoms with van der Waals surface area (Å²) in [6.45, 7) is 11.5. The predicted octanol–water partition coefficient (Wildman–Crippen LogP) is 6.73. The van der Waals surface area contributed by atoms with E-state index < -0.39 is 56.4 Å². The lowest BCUT2D eigenvalue weighted by Gasteiger charge is -2.36. The van der Waals surface area contributed by atoms with Crippen LogP contribution in [0.5, 0.6) is 0 Å². The van der Waals surface area contributed by atoms with Crippen LogP contribution in [0.4, 0.5) is 17.2 Å². The number of amides is 1. The molecule has 1 aliphatic rings. The average Bonchev–Trinajstić information content (AvgIpc) is 3.54. The Morgan fingerprint density at radius 2 is 1.72 bits per heavy atom. The van der Waals surface area contributed by atoms with Crippen LogP contribution in [0.2, 0.25) is 18.1 Å². The summed E-state index contributed by atoms with van der Waals surface area (Å²) < 4.78 is 36.8. The molecule has 1 unspecified atom stereocenters. The summed E-state index contributed by atoms with van der Waals surface area (Å²) in [6.07, 6.45) is 4.03. The lowest BCUT2D eigenvalue weighted by atomic mass is 10.0. The van der Waals surface area contributed by atoms with Crippen molar-refractivity contribution in [3.8, 4) is 11.3 Å². The van der Waals surface area contributed by atoms with Crippen molar-refractivity contribution in [1.82, 2.24) is 19.6 Å². The highest BCUT2D eigenvalue weighted by Gasteiger charge is 2.39. The first kappa shape index (κ1) is 40.1. The van der Waals surface area contributed by atoms with Gasteiger partial charge in [-0.2, -0.15) is 4.31 Å². The Kier molecular flexibility index (Phi) is 11.7. The highest BCUT2D eigenvalue weighted by molar-refractivity contribution is 7.89. The monoisotopic (exact) mass is 775 g/mol. The first-order valence-electron chi connectivity index (χ1n) is 17.5. The molecule has 5 rings (SSSR count). The van der Waals surface area contributed by atoms with Crippen LogP contribution in [0.15, 0.2) is 71.8 Å². The van der Waals surface area contributed by atoms with E-state index in [-0.39, 0.29) is 23.1 Å². The highest BCUT2D eigenvalue weighted by Crippen LogP contribution is 2.42. The van der Waals surface area contributed by atoms with Crippen LogP contribution < -0.4 is 11.1 Å². The number of carbonyl (C=O) groups excluding carboxylic acids is 1. The van der Waals surface area contributed by atoms with Crippen LogP contribution in [0.1, 0.15) is 72.4 Å². The molecule has 54 heavy (non-hydrogen) atoms. The Bertz CT molecular complexity index is 2180. The molecule has 17 heteroatoms. The Balaban J connectivity index is 1.51. The van der Waals surface area contributed by atoms with Gasteiger partial charge in [0.15, 0.2) is 19.8 Å². The first-order valence-corrected chi connectivity index (χ1v) is 21.8. The molecule has 0 saturated heterocycles. The zero-order valence-electron chi connectivity index (χ0n) is 31.2. The molecular weight excluding hydrogens is 731 g/mol. The van der Waals surface area contributed by atoms with Gasteiger partial charge in [0.05, 0.1) is 38.7 Å². The van der Waals surface area contributed by atoms with Gasteiger partial charge >= 0.3 is 0 Å². The molecule has 1 amide bonds. The number of benzene rings is 3. The highest BCUT2D eigenvalue weighted by atomic mass is 32.2. The Labute approximate surface area is 315 Å². The number of rotatable bonds is 14. The Hall–Kier alpha value is -5.10. The zero-order chi connectivity index (χ0) is 39.6. The van der Waals surface area contributed by atoms with Crippen molar-refractivity contribution in [1.29, 1.82) is 0 Å². The van der Waals surface area contributed by atoms with E-state index in [0.717, 1.165) is 47.7 Å². The van der Waals surface area contributed by atoms with Gasteiger partial charge in [-0.1, -0.05) is 57.2 Å². The predicted molar refractivity (Wildman–Crippen MR) is 207 cm³/mol. The van der Waals surface area contributed by atoms with Gasteiger partial charge in [0.25, 0.3) is 17.3 Å². The molecule has 1 atom stereocenters. The fourth-order valence-corrected chi connectivity index (χ4v) is 8.95. The van der Waals surface area contributed by atoms with Gasteiger partial charge < -0.3 is 15.5 Å². The number of aryl methyl sites for hydroxylation is 2. The van der Waals surface area contributed by atoms with Crippen molar-refractivity contribution in [2.75, 3.05) is 19.4 Å². The van der Waals surface area contributed by atoms with Gasteiger partial charge in [-0.25, -0.2) is 18.4 Å². The van der Waals surface area contributed by atoms with Crippen LogP contribution in [-0.4, -0.2) is 60.4 Å². The zero-order valence-corrected chi connectivity index (χ0v) is 33.0. The van der Waals surface area contributed by atoms with E-state index in [1.54, 1.807) is 24.3 Å². The number of non-ortho nitro benzene ring substituents is 2. The normalized spacial score (nSPS) is 14.5. The molecule has 1 aromatic heterocycles. The van der Waals surface area contributed by atoms with Crippen molar-refractivity contribution in [3.05, 3.63) is 115 Å². The minimum absolute atomic E-state index is 0.0555. The maximum Gasteiger partial charge on any atom is 0.277 e. The molecule has 0 spiro atoms. The number of nitrogens with zero attached hydrogens (tertiary/aromatic N) is 5. The number of hydrogen-bond donors (Lipinski definition) is 2. The summed E-state index contributed by atoms with van der Waals surface area (Å²) in [5.41, 5.74) is 8.64. The number of nitro benzene ring substituents is 2. The molecule has 0 fully saturated rings. The van der Waals surface area contributed by atoms with E-state index in [0.29, 0.717) is 36.3 Å². The van der Waals surface area contributed by atoms with E-state index in [9.17, 15) is 33.4 Å². The maximum absolute atomic E-state index is 14.6. The summed E-state index contributed by atoms with van der Waals surface area (Å²) in [5, 5.41) is 26.1. The Morgan fingerprint density at radius 1 is 1.04 bits per heavy atom. The standard InChI is InChI=1S/C37H45N7O8SSi/c1-37(2,3)54(5,6)52-16-8-10-24-12-14-31-26(17-24)13-15-33(31)42(53(50,51)30-20-28(43(46)47)19-29(21-30)44(48)49)23-25-9-7-11-27(18-25)32-22-40-35(38)34(41-32)36(45)39-4/h7,9,11-12,14,17-22,33H,8,10,13,15-16,23H2,1-6H3,(H2,38,40)(H,39,45). The van der Waals surface area contributed by atoms with Crippen LogP contribution >= 0.6 is 0 Å². The lowest BCUT2D eigenvalue weighted by Crippen LogP contribution is -2.41.